The van der Waals surface area contributed by atoms with E-state index in [1.54, 1.807) is 11.3 Å². The molecular formula is C15H19FN2S. The van der Waals surface area contributed by atoms with Crippen LogP contribution in [0.5, 0.6) is 0 Å². The number of halogens is 1. The van der Waals surface area contributed by atoms with Crippen LogP contribution in [0.4, 0.5) is 10.1 Å². The maximum atomic E-state index is 13.0. The molecule has 102 valence electrons. The molecule has 4 heteroatoms. The van der Waals surface area contributed by atoms with E-state index >= 15 is 0 Å². The van der Waals surface area contributed by atoms with E-state index in [9.17, 15) is 4.39 Å². The maximum Gasteiger partial charge on any atom is 0.123 e. The van der Waals surface area contributed by atoms with Crippen molar-refractivity contribution in [1.82, 2.24) is 0 Å². The van der Waals surface area contributed by atoms with Gasteiger partial charge in [-0.2, -0.15) is 0 Å². The molecule has 1 atom stereocenters. The van der Waals surface area contributed by atoms with Crippen LogP contribution < -0.4 is 10.6 Å². The first-order valence-corrected chi connectivity index (χ1v) is 7.31. The first-order valence-electron chi connectivity index (χ1n) is 6.43. The number of nitrogens with zero attached hydrogens (tertiary/aromatic N) is 1. The van der Waals surface area contributed by atoms with Gasteiger partial charge >= 0.3 is 0 Å². The Morgan fingerprint density at radius 1 is 1.26 bits per heavy atom. The number of anilines is 1. The van der Waals surface area contributed by atoms with Crippen molar-refractivity contribution in [3.8, 4) is 0 Å². The van der Waals surface area contributed by atoms with E-state index in [-0.39, 0.29) is 11.9 Å². The molecule has 0 aliphatic heterocycles. The molecule has 1 unspecified atom stereocenters. The lowest BCUT2D eigenvalue weighted by Gasteiger charge is -2.32. The average molecular weight is 278 g/mol. The summed E-state index contributed by atoms with van der Waals surface area (Å²) < 4.78 is 13.0. The third-order valence-corrected chi connectivity index (χ3v) is 4.42. The van der Waals surface area contributed by atoms with Gasteiger partial charge in [-0.15, -0.1) is 11.3 Å². The highest BCUT2D eigenvalue weighted by Crippen LogP contribution is 2.31. The van der Waals surface area contributed by atoms with Crippen molar-refractivity contribution in [3.63, 3.8) is 0 Å². The van der Waals surface area contributed by atoms with Crippen molar-refractivity contribution in [3.05, 3.63) is 52.0 Å². The highest BCUT2D eigenvalue weighted by atomic mass is 32.1. The molecule has 0 radical (unpaired) electrons. The molecule has 0 saturated heterocycles. The monoisotopic (exact) mass is 278 g/mol. The van der Waals surface area contributed by atoms with Gasteiger partial charge in [0.25, 0.3) is 0 Å². The quantitative estimate of drug-likeness (QED) is 0.903. The molecule has 0 spiro atoms. The van der Waals surface area contributed by atoms with Gasteiger partial charge in [-0.1, -0.05) is 0 Å². The SMILES string of the molecule is CCN(c1ccc(F)cc1)C(CN)c1sccc1C. The lowest BCUT2D eigenvalue weighted by molar-refractivity contribution is 0.623. The minimum absolute atomic E-state index is 0.149. The number of rotatable bonds is 5. The van der Waals surface area contributed by atoms with Gasteiger partial charge in [-0.05, 0) is 55.1 Å². The molecule has 2 aromatic rings. The highest BCUT2D eigenvalue weighted by molar-refractivity contribution is 7.10. The van der Waals surface area contributed by atoms with Crippen LogP contribution in [0.3, 0.4) is 0 Å². The summed E-state index contributed by atoms with van der Waals surface area (Å²) in [5, 5.41) is 2.09. The zero-order valence-corrected chi connectivity index (χ0v) is 12.1. The number of aryl methyl sites for hydroxylation is 1. The fraction of sp³-hybridized carbons (Fsp3) is 0.333. The van der Waals surface area contributed by atoms with Gasteiger partial charge in [0.05, 0.1) is 6.04 Å². The second-order valence-corrected chi connectivity index (χ2v) is 5.43. The standard InChI is InChI=1S/C15H19FN2S/c1-3-18(13-6-4-12(16)5-7-13)14(10-17)15-11(2)8-9-19-15/h4-9,14H,3,10,17H2,1-2H3. The lowest BCUT2D eigenvalue weighted by Crippen LogP contribution is -2.33. The zero-order chi connectivity index (χ0) is 13.8. The number of thiophene rings is 1. The molecule has 2 rings (SSSR count). The summed E-state index contributed by atoms with van der Waals surface area (Å²) in [6.07, 6.45) is 0. The molecule has 2 N–H and O–H groups in total. The van der Waals surface area contributed by atoms with Crippen LogP contribution in [0.25, 0.3) is 0 Å². The fourth-order valence-electron chi connectivity index (χ4n) is 2.32. The smallest absolute Gasteiger partial charge is 0.123 e. The van der Waals surface area contributed by atoms with E-state index in [2.05, 4.69) is 30.2 Å². The van der Waals surface area contributed by atoms with Crippen molar-refractivity contribution in [2.45, 2.75) is 19.9 Å². The summed E-state index contributed by atoms with van der Waals surface area (Å²) in [7, 11) is 0. The summed E-state index contributed by atoms with van der Waals surface area (Å²) in [5.74, 6) is -0.212. The minimum atomic E-state index is -0.212. The van der Waals surface area contributed by atoms with Crippen LogP contribution in [0.15, 0.2) is 35.7 Å². The Bertz CT molecular complexity index is 521. The van der Waals surface area contributed by atoms with Crippen molar-refractivity contribution in [1.29, 1.82) is 0 Å². The van der Waals surface area contributed by atoms with Crippen LogP contribution in [-0.2, 0) is 0 Å². The second-order valence-electron chi connectivity index (χ2n) is 4.48. The third kappa shape index (κ3) is 2.96. The molecule has 0 saturated carbocycles. The predicted molar refractivity (Wildman–Crippen MR) is 80.3 cm³/mol. The number of benzene rings is 1. The molecule has 0 fully saturated rings. The van der Waals surface area contributed by atoms with Crippen LogP contribution >= 0.6 is 11.3 Å². The van der Waals surface area contributed by atoms with E-state index in [0.29, 0.717) is 6.54 Å². The van der Waals surface area contributed by atoms with Gasteiger partial charge in [-0.3, -0.25) is 0 Å². The van der Waals surface area contributed by atoms with Crippen molar-refractivity contribution in [2.75, 3.05) is 18.0 Å². The Hall–Kier alpha value is -1.39. The predicted octanol–water partition coefficient (Wildman–Crippen LogP) is 3.72. The Kier molecular flexibility index (Phi) is 4.56. The number of hydrogen-bond donors (Lipinski definition) is 1. The topological polar surface area (TPSA) is 29.3 Å². The fourth-order valence-corrected chi connectivity index (χ4v) is 3.37. The van der Waals surface area contributed by atoms with Crippen LogP contribution in [0.2, 0.25) is 0 Å². The summed E-state index contributed by atoms with van der Waals surface area (Å²) in [6, 6.07) is 8.87. The zero-order valence-electron chi connectivity index (χ0n) is 11.3. The van der Waals surface area contributed by atoms with Crippen molar-refractivity contribution >= 4 is 17.0 Å². The number of hydrogen-bond acceptors (Lipinski definition) is 3. The molecule has 0 amide bonds. The Morgan fingerprint density at radius 2 is 1.95 bits per heavy atom. The van der Waals surface area contributed by atoms with E-state index in [4.69, 9.17) is 5.73 Å². The third-order valence-electron chi connectivity index (χ3n) is 3.30. The summed E-state index contributed by atoms with van der Waals surface area (Å²) in [5.41, 5.74) is 8.24. The van der Waals surface area contributed by atoms with Gasteiger partial charge in [0.2, 0.25) is 0 Å². The van der Waals surface area contributed by atoms with Crippen LogP contribution in [0, 0.1) is 12.7 Å². The van der Waals surface area contributed by atoms with Gasteiger partial charge in [0.1, 0.15) is 5.82 Å². The van der Waals surface area contributed by atoms with E-state index in [1.807, 2.05) is 12.1 Å². The number of nitrogens with two attached hydrogens (primary N) is 1. The Labute approximate surface area is 117 Å². The van der Waals surface area contributed by atoms with E-state index < -0.39 is 0 Å². The Morgan fingerprint density at radius 3 is 2.42 bits per heavy atom. The molecule has 19 heavy (non-hydrogen) atoms. The number of likely N-dealkylation sites (N-methyl/N-ethyl adjacent to an activating group) is 1. The molecule has 1 aromatic carbocycles. The summed E-state index contributed by atoms with van der Waals surface area (Å²) in [6.45, 7) is 5.58. The van der Waals surface area contributed by atoms with Gasteiger partial charge in [-0.25, -0.2) is 4.39 Å². The maximum absolute atomic E-state index is 13.0. The van der Waals surface area contributed by atoms with E-state index in [0.717, 1.165) is 12.2 Å². The molecule has 2 nitrogen and oxygen atoms in total. The van der Waals surface area contributed by atoms with Gasteiger partial charge < -0.3 is 10.6 Å². The van der Waals surface area contributed by atoms with Crippen molar-refractivity contribution < 1.29 is 4.39 Å². The molecule has 0 aliphatic rings. The summed E-state index contributed by atoms with van der Waals surface area (Å²) in [4.78, 5) is 3.51. The first kappa shape index (κ1) is 14.0. The van der Waals surface area contributed by atoms with Crippen LogP contribution in [-0.4, -0.2) is 13.1 Å². The molecule has 1 heterocycles. The first-order chi connectivity index (χ1) is 9.17. The van der Waals surface area contributed by atoms with Gasteiger partial charge in [0.15, 0.2) is 0 Å². The Balaban J connectivity index is 2.34. The molecular weight excluding hydrogens is 259 g/mol. The van der Waals surface area contributed by atoms with Crippen LogP contribution in [0.1, 0.15) is 23.4 Å². The largest absolute Gasteiger partial charge is 0.363 e. The second kappa shape index (κ2) is 6.17. The van der Waals surface area contributed by atoms with Crippen molar-refractivity contribution in [2.24, 2.45) is 5.73 Å². The normalized spacial score (nSPS) is 12.4. The van der Waals surface area contributed by atoms with Gasteiger partial charge in [0, 0.05) is 23.7 Å². The minimum Gasteiger partial charge on any atom is -0.363 e. The summed E-state index contributed by atoms with van der Waals surface area (Å²) >= 11 is 1.73. The average Bonchev–Trinajstić information content (AvgIpc) is 2.83. The molecule has 0 bridgehead atoms. The molecule has 0 aliphatic carbocycles. The van der Waals surface area contributed by atoms with E-state index in [1.165, 1.54) is 22.6 Å². The molecule has 1 aromatic heterocycles. The lowest BCUT2D eigenvalue weighted by atomic mass is 10.1. The highest BCUT2D eigenvalue weighted by Gasteiger charge is 2.20.